The molecule has 0 radical (unpaired) electrons. The monoisotopic (exact) mass is 210 g/mol. The topological polar surface area (TPSA) is 64.5 Å². The van der Waals surface area contributed by atoms with E-state index >= 15 is 0 Å². The normalized spacial score (nSPS) is 10.8. The fourth-order valence-electron chi connectivity index (χ4n) is 0.361. The molecule has 13 heavy (non-hydrogen) atoms. The molecule has 3 N–H and O–H groups in total. The van der Waals surface area contributed by atoms with Gasteiger partial charge in [-0.2, -0.15) is 0 Å². The Morgan fingerprint density at radius 2 is 1.85 bits per heavy atom. The standard InChI is InChI=1S/C8H15NO2.ClH.H3N/c1-6(2)8(10)11-7(3)9(4)5;;/h7H,1H2,2-5H3;1H;1H3. The minimum absolute atomic E-state index is 0. The number of nitrogens with zero attached hydrogens (tertiary/aromatic N) is 1. The molecule has 1 unspecified atom stereocenters. The SMILES string of the molecule is C=C(C)C(=O)OC(C)N(C)C.Cl.N. The van der Waals surface area contributed by atoms with Crippen LogP contribution < -0.4 is 6.15 Å². The molecular weight excluding hydrogens is 192 g/mol. The first kappa shape index (κ1) is 18.3. The number of ether oxygens (including phenoxy) is 1. The predicted octanol–water partition coefficient (Wildman–Crippen LogP) is 1.60. The highest BCUT2D eigenvalue weighted by molar-refractivity contribution is 5.87. The zero-order chi connectivity index (χ0) is 9.02. The second-order valence-corrected chi connectivity index (χ2v) is 2.75. The summed E-state index contributed by atoms with van der Waals surface area (Å²) < 4.78 is 4.96. The Bertz CT molecular complexity index is 172. The largest absolute Gasteiger partial charge is 0.443 e. The minimum Gasteiger partial charge on any atom is -0.443 e. The predicted molar refractivity (Wildman–Crippen MR) is 56.3 cm³/mol. The molecule has 0 saturated carbocycles. The average molecular weight is 211 g/mol. The van der Waals surface area contributed by atoms with Gasteiger partial charge in [0.15, 0.2) is 6.23 Å². The van der Waals surface area contributed by atoms with Crippen LogP contribution in [0.15, 0.2) is 12.2 Å². The van der Waals surface area contributed by atoms with Crippen LogP contribution in [0.5, 0.6) is 0 Å². The van der Waals surface area contributed by atoms with Crippen molar-refractivity contribution in [2.45, 2.75) is 20.1 Å². The highest BCUT2D eigenvalue weighted by atomic mass is 35.5. The molecule has 0 amide bonds. The van der Waals surface area contributed by atoms with Gasteiger partial charge < -0.3 is 10.9 Å². The van der Waals surface area contributed by atoms with Gasteiger partial charge in [-0.05, 0) is 27.9 Å². The number of hydrogen-bond donors (Lipinski definition) is 1. The number of carbonyl (C=O) groups is 1. The second kappa shape index (κ2) is 8.04. The van der Waals surface area contributed by atoms with Crippen molar-refractivity contribution in [2.24, 2.45) is 0 Å². The quantitative estimate of drug-likeness (QED) is 0.437. The summed E-state index contributed by atoms with van der Waals surface area (Å²) in [5.74, 6) is -0.341. The summed E-state index contributed by atoms with van der Waals surface area (Å²) in [5, 5.41) is 0. The number of halogens is 1. The van der Waals surface area contributed by atoms with Crippen LogP contribution in [-0.2, 0) is 9.53 Å². The van der Waals surface area contributed by atoms with E-state index in [1.807, 2.05) is 14.1 Å². The zero-order valence-corrected chi connectivity index (χ0v) is 9.48. The van der Waals surface area contributed by atoms with E-state index in [-0.39, 0.29) is 30.8 Å². The first-order valence-corrected chi connectivity index (χ1v) is 3.48. The van der Waals surface area contributed by atoms with E-state index < -0.39 is 0 Å². The van der Waals surface area contributed by atoms with Gasteiger partial charge in [0.2, 0.25) is 0 Å². The van der Waals surface area contributed by atoms with Crippen molar-refractivity contribution in [1.29, 1.82) is 0 Å². The fourth-order valence-corrected chi connectivity index (χ4v) is 0.361. The summed E-state index contributed by atoms with van der Waals surface area (Å²) in [5.41, 5.74) is 0.429. The molecule has 0 bridgehead atoms. The maximum atomic E-state index is 10.9. The highest BCUT2D eigenvalue weighted by Crippen LogP contribution is 1.99. The first-order valence-electron chi connectivity index (χ1n) is 3.48. The fraction of sp³-hybridized carbons (Fsp3) is 0.625. The Kier molecular flexibility index (Phi) is 11.3. The number of esters is 1. The lowest BCUT2D eigenvalue weighted by molar-refractivity contribution is -0.150. The van der Waals surface area contributed by atoms with Crippen LogP contribution in [0.25, 0.3) is 0 Å². The van der Waals surface area contributed by atoms with Crippen LogP contribution in [0, 0.1) is 0 Å². The third-order valence-corrected chi connectivity index (χ3v) is 1.35. The Hall–Kier alpha value is -0.580. The van der Waals surface area contributed by atoms with Crippen molar-refractivity contribution >= 4 is 18.4 Å². The molecule has 0 saturated heterocycles. The zero-order valence-electron chi connectivity index (χ0n) is 8.66. The van der Waals surface area contributed by atoms with Crippen molar-refractivity contribution in [3.05, 3.63) is 12.2 Å². The molecule has 1 atom stereocenters. The van der Waals surface area contributed by atoms with Gasteiger partial charge in [-0.1, -0.05) is 6.58 Å². The van der Waals surface area contributed by atoms with Gasteiger partial charge >= 0.3 is 5.97 Å². The molecule has 4 nitrogen and oxygen atoms in total. The van der Waals surface area contributed by atoms with E-state index in [0.29, 0.717) is 5.57 Å². The van der Waals surface area contributed by atoms with Crippen molar-refractivity contribution in [1.82, 2.24) is 11.1 Å². The molecule has 0 aromatic rings. The second-order valence-electron chi connectivity index (χ2n) is 2.75. The number of rotatable bonds is 3. The third kappa shape index (κ3) is 7.77. The van der Waals surface area contributed by atoms with E-state index in [1.165, 1.54) is 0 Å². The van der Waals surface area contributed by atoms with Crippen molar-refractivity contribution in [2.75, 3.05) is 14.1 Å². The molecule has 5 heteroatoms. The molecule has 0 rings (SSSR count). The van der Waals surface area contributed by atoms with Crippen LogP contribution in [0.1, 0.15) is 13.8 Å². The van der Waals surface area contributed by atoms with E-state index in [4.69, 9.17) is 4.74 Å². The molecular formula is C8H19ClN2O2. The smallest absolute Gasteiger partial charge is 0.334 e. The van der Waals surface area contributed by atoms with Crippen LogP contribution in [-0.4, -0.2) is 31.2 Å². The van der Waals surface area contributed by atoms with Crippen LogP contribution in [0.3, 0.4) is 0 Å². The molecule has 0 aromatic heterocycles. The maximum absolute atomic E-state index is 10.9. The molecule has 0 aliphatic heterocycles. The first-order chi connectivity index (χ1) is 4.95. The third-order valence-electron chi connectivity index (χ3n) is 1.35. The summed E-state index contributed by atoms with van der Waals surface area (Å²) in [6, 6.07) is 0. The van der Waals surface area contributed by atoms with E-state index in [9.17, 15) is 4.79 Å². The van der Waals surface area contributed by atoms with E-state index in [2.05, 4.69) is 6.58 Å². The van der Waals surface area contributed by atoms with Gasteiger partial charge in [-0.15, -0.1) is 12.4 Å². The van der Waals surface area contributed by atoms with Crippen molar-refractivity contribution in [3.63, 3.8) is 0 Å². The summed E-state index contributed by atoms with van der Waals surface area (Å²) in [4.78, 5) is 12.7. The lowest BCUT2D eigenvalue weighted by atomic mass is 10.4. The lowest BCUT2D eigenvalue weighted by Crippen LogP contribution is -2.30. The van der Waals surface area contributed by atoms with Gasteiger partial charge in [-0.3, -0.25) is 4.90 Å². The van der Waals surface area contributed by atoms with Gasteiger partial charge in [0.05, 0.1) is 0 Å². The average Bonchev–Trinajstić information content (AvgIpc) is 1.87. The Balaban J connectivity index is -0.000000500. The van der Waals surface area contributed by atoms with E-state index in [0.717, 1.165) is 0 Å². The van der Waals surface area contributed by atoms with Crippen LogP contribution in [0.2, 0.25) is 0 Å². The summed E-state index contributed by atoms with van der Waals surface area (Å²) >= 11 is 0. The van der Waals surface area contributed by atoms with Crippen molar-refractivity contribution < 1.29 is 9.53 Å². The van der Waals surface area contributed by atoms with Gasteiger partial charge in [0.1, 0.15) is 0 Å². The lowest BCUT2D eigenvalue weighted by Gasteiger charge is -2.19. The molecule has 0 aliphatic rings. The highest BCUT2D eigenvalue weighted by Gasteiger charge is 2.10. The number of hydrogen-bond acceptors (Lipinski definition) is 4. The Morgan fingerprint density at radius 1 is 1.46 bits per heavy atom. The Morgan fingerprint density at radius 3 is 2.08 bits per heavy atom. The van der Waals surface area contributed by atoms with Gasteiger partial charge in [-0.25, -0.2) is 4.79 Å². The molecule has 0 fully saturated rings. The van der Waals surface area contributed by atoms with Gasteiger partial charge in [0.25, 0.3) is 0 Å². The molecule has 80 valence electrons. The van der Waals surface area contributed by atoms with Crippen LogP contribution >= 0.6 is 12.4 Å². The van der Waals surface area contributed by atoms with Gasteiger partial charge in [0, 0.05) is 5.57 Å². The minimum atomic E-state index is -0.341. The maximum Gasteiger partial charge on any atom is 0.334 e. The number of carbonyl (C=O) groups excluding carboxylic acids is 1. The molecule has 0 aromatic carbocycles. The summed E-state index contributed by atoms with van der Waals surface area (Å²) in [7, 11) is 3.69. The van der Waals surface area contributed by atoms with Crippen LogP contribution in [0.4, 0.5) is 0 Å². The summed E-state index contributed by atoms with van der Waals surface area (Å²) in [6.07, 6.45) is -0.195. The molecule has 0 aliphatic carbocycles. The Labute approximate surface area is 85.9 Å². The van der Waals surface area contributed by atoms with Crippen molar-refractivity contribution in [3.8, 4) is 0 Å². The molecule has 0 spiro atoms. The summed E-state index contributed by atoms with van der Waals surface area (Å²) in [6.45, 7) is 6.91. The van der Waals surface area contributed by atoms with E-state index in [1.54, 1.807) is 18.7 Å². The molecule has 0 heterocycles.